The molecule has 0 atom stereocenters. The van der Waals surface area contributed by atoms with Crippen molar-refractivity contribution in [1.82, 2.24) is 9.97 Å². The maximum absolute atomic E-state index is 5.42. The summed E-state index contributed by atoms with van der Waals surface area (Å²) in [6, 6.07) is 90.5. The van der Waals surface area contributed by atoms with Crippen LogP contribution in [0.1, 0.15) is 69.5 Å². The molecular weight excluding hydrogens is 857 g/mol. The first-order valence-electron chi connectivity index (χ1n) is 24.9. The van der Waals surface area contributed by atoms with Crippen LogP contribution in [-0.4, -0.2) is 9.97 Å². The van der Waals surface area contributed by atoms with Gasteiger partial charge in [0.2, 0.25) is 0 Å². The average molecular weight is 903 g/mol. The van der Waals surface area contributed by atoms with Gasteiger partial charge in [0.15, 0.2) is 5.82 Å². The topological polar surface area (TPSA) is 25.8 Å². The summed E-state index contributed by atoms with van der Waals surface area (Å²) in [4.78, 5) is 10.7. The summed E-state index contributed by atoms with van der Waals surface area (Å²) in [5, 5.41) is 0. The maximum Gasteiger partial charge on any atom is 0.160 e. The number of hydrogen-bond donors (Lipinski definition) is 0. The van der Waals surface area contributed by atoms with Gasteiger partial charge in [-0.05, 0) is 124 Å². The van der Waals surface area contributed by atoms with E-state index in [4.69, 9.17) is 9.97 Å². The normalized spacial score (nSPS) is 15.0. The van der Waals surface area contributed by atoms with Gasteiger partial charge in [-0.15, -0.1) is 0 Å². The first kappa shape index (κ1) is 40.2. The highest BCUT2D eigenvalue weighted by Gasteiger charge is 2.58. The van der Waals surface area contributed by atoms with Crippen LogP contribution in [0.4, 0.5) is 0 Å². The first-order valence-corrected chi connectivity index (χ1v) is 24.9. The van der Waals surface area contributed by atoms with Gasteiger partial charge >= 0.3 is 0 Å². The SMILES string of the molecule is CC1(C)c2ccccc2-c2ccc(-c3nc(-c4ccccc4)cc(-c4cccc(-c5ccc6c(c5)C5(c7ccccc7-6)c6ccccc6C6(c7ccccc7-c7ccccc76)c6ccccc65)c4)n3)cc21. The van der Waals surface area contributed by atoms with Crippen LogP contribution in [0.2, 0.25) is 0 Å². The molecule has 4 aliphatic carbocycles. The van der Waals surface area contributed by atoms with E-state index in [2.05, 4.69) is 257 Å². The molecule has 71 heavy (non-hydrogen) atoms. The molecule has 0 bridgehead atoms. The van der Waals surface area contributed by atoms with Crippen molar-refractivity contribution < 1.29 is 0 Å². The van der Waals surface area contributed by atoms with E-state index < -0.39 is 10.8 Å². The quantitative estimate of drug-likeness (QED) is 0.176. The largest absolute Gasteiger partial charge is 0.228 e. The maximum atomic E-state index is 5.42. The van der Waals surface area contributed by atoms with Gasteiger partial charge in [-0.25, -0.2) is 9.97 Å². The predicted octanol–water partition coefficient (Wildman–Crippen LogP) is 16.5. The smallest absolute Gasteiger partial charge is 0.160 e. The molecule has 1 heterocycles. The van der Waals surface area contributed by atoms with Gasteiger partial charge in [0.25, 0.3) is 0 Å². The second-order valence-electron chi connectivity index (χ2n) is 20.3. The van der Waals surface area contributed by atoms with Crippen LogP contribution < -0.4 is 0 Å². The van der Waals surface area contributed by atoms with E-state index in [9.17, 15) is 0 Å². The second kappa shape index (κ2) is 14.7. The van der Waals surface area contributed by atoms with Crippen molar-refractivity contribution in [3.05, 3.63) is 298 Å². The molecule has 0 saturated carbocycles. The van der Waals surface area contributed by atoms with E-state index in [1.54, 1.807) is 0 Å². The Kier molecular flexibility index (Phi) is 8.29. The lowest BCUT2D eigenvalue weighted by atomic mass is 9.52. The van der Waals surface area contributed by atoms with Crippen molar-refractivity contribution in [3.63, 3.8) is 0 Å². The third kappa shape index (κ3) is 5.32. The van der Waals surface area contributed by atoms with Gasteiger partial charge in [-0.3, -0.25) is 0 Å². The van der Waals surface area contributed by atoms with E-state index in [0.717, 1.165) is 39.5 Å². The molecule has 0 fully saturated rings. The minimum absolute atomic E-state index is 0.136. The lowest BCUT2D eigenvalue weighted by molar-refractivity contribution is 0.633. The summed E-state index contributed by atoms with van der Waals surface area (Å²) < 4.78 is 0. The first-order chi connectivity index (χ1) is 35.0. The minimum Gasteiger partial charge on any atom is -0.228 e. The zero-order chi connectivity index (χ0) is 47.1. The summed E-state index contributed by atoms with van der Waals surface area (Å²) in [6.07, 6.45) is 0. The predicted molar refractivity (Wildman–Crippen MR) is 290 cm³/mol. The highest BCUT2D eigenvalue weighted by molar-refractivity contribution is 5.95. The summed E-state index contributed by atoms with van der Waals surface area (Å²) in [5.74, 6) is 0.721. The van der Waals surface area contributed by atoms with Crippen LogP contribution >= 0.6 is 0 Å². The Balaban J connectivity index is 0.913. The Labute approximate surface area is 414 Å². The van der Waals surface area contributed by atoms with E-state index in [0.29, 0.717) is 0 Å². The van der Waals surface area contributed by atoms with Crippen LogP contribution in [0.25, 0.3) is 78.4 Å². The van der Waals surface area contributed by atoms with E-state index in [-0.39, 0.29) is 5.41 Å². The van der Waals surface area contributed by atoms with Crippen molar-refractivity contribution in [3.8, 4) is 78.4 Å². The van der Waals surface area contributed by atoms with Gasteiger partial charge in [0, 0.05) is 22.1 Å². The Hall–Kier alpha value is -8.72. The molecule has 15 rings (SSSR count). The molecule has 4 aliphatic rings. The molecule has 0 saturated heterocycles. The zero-order valence-corrected chi connectivity index (χ0v) is 39.5. The minimum atomic E-state index is -0.567. The van der Waals surface area contributed by atoms with E-state index in [1.165, 1.54) is 94.6 Å². The third-order valence-corrected chi connectivity index (χ3v) is 16.6. The van der Waals surface area contributed by atoms with E-state index >= 15 is 0 Å². The molecule has 2 nitrogen and oxygen atoms in total. The number of aromatic nitrogens is 2. The summed E-state index contributed by atoms with van der Waals surface area (Å²) >= 11 is 0. The van der Waals surface area contributed by atoms with Gasteiger partial charge in [-0.1, -0.05) is 232 Å². The molecular formula is C69H46N2. The Morgan fingerprint density at radius 1 is 0.239 bits per heavy atom. The van der Waals surface area contributed by atoms with Gasteiger partial charge in [-0.2, -0.15) is 0 Å². The highest BCUT2D eigenvalue weighted by Crippen LogP contribution is 2.67. The van der Waals surface area contributed by atoms with Crippen LogP contribution in [-0.2, 0) is 16.2 Å². The number of rotatable bonds is 4. The molecule has 1 aromatic heterocycles. The lowest BCUT2D eigenvalue weighted by Crippen LogP contribution is -2.43. The van der Waals surface area contributed by atoms with Crippen molar-refractivity contribution >= 4 is 0 Å². The molecule has 0 unspecified atom stereocenters. The third-order valence-electron chi connectivity index (χ3n) is 16.6. The summed E-state index contributed by atoms with van der Waals surface area (Å²) in [6.45, 7) is 4.66. The van der Waals surface area contributed by atoms with Crippen molar-refractivity contribution in [2.75, 3.05) is 0 Å². The zero-order valence-electron chi connectivity index (χ0n) is 39.5. The van der Waals surface area contributed by atoms with Crippen LogP contribution in [0, 0.1) is 0 Å². The number of nitrogens with zero attached hydrogens (tertiary/aromatic N) is 2. The average Bonchev–Trinajstić information content (AvgIpc) is 3.99. The van der Waals surface area contributed by atoms with Crippen LogP contribution in [0.5, 0.6) is 0 Å². The second-order valence-corrected chi connectivity index (χ2v) is 20.3. The van der Waals surface area contributed by atoms with Gasteiger partial charge in [0.1, 0.15) is 0 Å². The standard InChI is InChI=1S/C69H46N2/c1-67(2)54-27-10-6-23-48(54)52-38-36-47(41-62(52)67)66-70-64(43-19-4-3-5-20-43)42-65(71-66)46-22-18-21-44(39-46)45-35-37-53-51-26-9-13-30-57(51)69(63(53)40-45)60-33-16-14-31-58(60)68(59-32-15-17-34-61(59)69)55-28-11-7-24-49(55)50-25-8-12-29-56(50)68/h3-42H,1-2H3. The van der Waals surface area contributed by atoms with Gasteiger partial charge in [0.05, 0.1) is 22.2 Å². The fraction of sp³-hybridized carbons (Fsp3) is 0.0725. The molecule has 2 heteroatoms. The summed E-state index contributed by atoms with van der Waals surface area (Å²) in [5.41, 5.74) is 27.2. The molecule has 0 N–H and O–H groups in total. The number of hydrogen-bond acceptors (Lipinski definition) is 2. The Morgan fingerprint density at radius 2 is 0.606 bits per heavy atom. The fourth-order valence-corrected chi connectivity index (χ4v) is 13.6. The monoisotopic (exact) mass is 902 g/mol. The highest BCUT2D eigenvalue weighted by atomic mass is 14.9. The van der Waals surface area contributed by atoms with E-state index in [1.807, 2.05) is 0 Å². The summed E-state index contributed by atoms with van der Waals surface area (Å²) in [7, 11) is 0. The van der Waals surface area contributed by atoms with Crippen molar-refractivity contribution in [1.29, 1.82) is 0 Å². The number of benzene rings is 10. The molecule has 0 amide bonds. The molecule has 2 spiro atoms. The molecule has 0 radical (unpaired) electrons. The van der Waals surface area contributed by atoms with Crippen molar-refractivity contribution in [2.45, 2.75) is 30.1 Å². The lowest BCUT2D eigenvalue weighted by Gasteiger charge is -2.48. The molecule has 10 aromatic carbocycles. The number of fused-ring (bicyclic) bond motifs is 19. The molecule has 11 aromatic rings. The van der Waals surface area contributed by atoms with Crippen molar-refractivity contribution in [2.24, 2.45) is 0 Å². The van der Waals surface area contributed by atoms with Crippen LogP contribution in [0.3, 0.4) is 0 Å². The Bertz CT molecular complexity index is 3950. The van der Waals surface area contributed by atoms with Gasteiger partial charge < -0.3 is 0 Å². The fourth-order valence-electron chi connectivity index (χ4n) is 13.6. The molecule has 332 valence electrons. The Morgan fingerprint density at radius 3 is 1.17 bits per heavy atom. The van der Waals surface area contributed by atoms with Crippen LogP contribution in [0.15, 0.2) is 243 Å². The molecule has 0 aliphatic heterocycles.